The second-order valence-electron chi connectivity index (χ2n) is 8.41. The van der Waals surface area contributed by atoms with Gasteiger partial charge in [0, 0.05) is 29.1 Å². The van der Waals surface area contributed by atoms with Crippen LogP contribution in [0.5, 0.6) is 17.2 Å². The predicted molar refractivity (Wildman–Crippen MR) is 147 cm³/mol. The van der Waals surface area contributed by atoms with Crippen molar-refractivity contribution in [2.75, 3.05) is 32.2 Å². The molecule has 0 spiro atoms. The van der Waals surface area contributed by atoms with Crippen molar-refractivity contribution in [3.63, 3.8) is 0 Å². The fourth-order valence-electron chi connectivity index (χ4n) is 3.92. The molecule has 3 aromatic carbocycles. The number of nitrogens with one attached hydrogen (secondary N) is 1. The summed E-state index contributed by atoms with van der Waals surface area (Å²) in [7, 11) is 1.50. The number of rotatable bonds is 8. The number of para-hydroxylation sites is 1. The number of nitrogens with zero attached hydrogens (tertiary/aromatic N) is 2. The van der Waals surface area contributed by atoms with Crippen LogP contribution >= 0.6 is 11.6 Å². The standard InChI is InChI=1S/C29H24ClN3O6/c1-36-24-11-9-21(16-23(24)30)31-27(34)18-39-28(35)12-8-20-17-33(22-5-3-2-4-6-22)32-29(20)19-7-10-25-26(15-19)38-14-13-37-25/h2-12,15-17H,13-14,18H2,1H3,(H,31,34). The Balaban J connectivity index is 1.30. The molecule has 4 aromatic rings. The van der Waals surface area contributed by atoms with Gasteiger partial charge in [0.25, 0.3) is 5.91 Å². The second kappa shape index (κ2) is 11.7. The zero-order chi connectivity index (χ0) is 27.2. The van der Waals surface area contributed by atoms with Crippen LogP contribution in [0.1, 0.15) is 5.56 Å². The number of fused-ring (bicyclic) bond motifs is 1. The van der Waals surface area contributed by atoms with E-state index in [1.54, 1.807) is 29.0 Å². The number of carbonyl (C=O) groups excluding carboxylic acids is 2. The van der Waals surface area contributed by atoms with Crippen molar-refractivity contribution in [2.45, 2.75) is 0 Å². The van der Waals surface area contributed by atoms with E-state index in [4.69, 9.17) is 35.6 Å². The van der Waals surface area contributed by atoms with Crippen molar-refractivity contribution in [3.8, 4) is 34.2 Å². The average Bonchev–Trinajstić information content (AvgIpc) is 3.40. The summed E-state index contributed by atoms with van der Waals surface area (Å²) in [6, 6.07) is 20.0. The summed E-state index contributed by atoms with van der Waals surface area (Å²) in [6.07, 6.45) is 4.67. The van der Waals surface area contributed by atoms with E-state index < -0.39 is 18.5 Å². The summed E-state index contributed by atoms with van der Waals surface area (Å²) in [4.78, 5) is 24.7. The highest BCUT2D eigenvalue weighted by atomic mass is 35.5. The van der Waals surface area contributed by atoms with Crippen LogP contribution in [0.3, 0.4) is 0 Å². The molecule has 0 aliphatic carbocycles. The van der Waals surface area contributed by atoms with Gasteiger partial charge in [-0.05, 0) is 54.6 Å². The Morgan fingerprint density at radius 3 is 2.62 bits per heavy atom. The number of amides is 1. The van der Waals surface area contributed by atoms with Gasteiger partial charge in [0.15, 0.2) is 18.1 Å². The lowest BCUT2D eigenvalue weighted by Crippen LogP contribution is -2.20. The second-order valence-corrected chi connectivity index (χ2v) is 8.82. The fourth-order valence-corrected chi connectivity index (χ4v) is 4.18. The van der Waals surface area contributed by atoms with Gasteiger partial charge >= 0.3 is 5.97 Å². The predicted octanol–water partition coefficient (Wildman–Crippen LogP) is 5.17. The lowest BCUT2D eigenvalue weighted by molar-refractivity contribution is -0.142. The topological polar surface area (TPSA) is 101 Å². The molecule has 9 nitrogen and oxygen atoms in total. The van der Waals surface area contributed by atoms with E-state index in [1.807, 2.05) is 54.7 Å². The average molecular weight is 546 g/mol. The molecule has 0 saturated carbocycles. The molecular weight excluding hydrogens is 522 g/mol. The first-order chi connectivity index (χ1) is 19.0. The molecule has 0 bridgehead atoms. The van der Waals surface area contributed by atoms with E-state index in [9.17, 15) is 9.59 Å². The van der Waals surface area contributed by atoms with Crippen molar-refractivity contribution >= 4 is 35.2 Å². The zero-order valence-electron chi connectivity index (χ0n) is 20.9. The molecule has 0 atom stereocenters. The lowest BCUT2D eigenvalue weighted by atomic mass is 10.1. The SMILES string of the molecule is COc1ccc(NC(=O)COC(=O)C=Cc2cn(-c3ccccc3)nc2-c2ccc3c(c2)OCCO3)cc1Cl. The van der Waals surface area contributed by atoms with Gasteiger partial charge in [-0.25, -0.2) is 9.48 Å². The largest absolute Gasteiger partial charge is 0.495 e. The maximum Gasteiger partial charge on any atom is 0.331 e. The highest BCUT2D eigenvalue weighted by Gasteiger charge is 2.17. The third kappa shape index (κ3) is 6.22. The minimum absolute atomic E-state index is 0.347. The third-order valence-electron chi connectivity index (χ3n) is 5.76. The van der Waals surface area contributed by atoms with Crippen molar-refractivity contribution in [1.29, 1.82) is 0 Å². The molecule has 1 aromatic heterocycles. The molecule has 1 aliphatic rings. The highest BCUT2D eigenvalue weighted by molar-refractivity contribution is 6.32. The molecule has 1 aliphatic heterocycles. The number of carbonyl (C=O) groups is 2. The number of aromatic nitrogens is 2. The Morgan fingerprint density at radius 2 is 1.85 bits per heavy atom. The van der Waals surface area contributed by atoms with Gasteiger partial charge in [0.1, 0.15) is 24.7 Å². The highest BCUT2D eigenvalue weighted by Crippen LogP contribution is 2.35. The molecule has 0 radical (unpaired) electrons. The van der Waals surface area contributed by atoms with Crippen LogP contribution in [0.4, 0.5) is 5.69 Å². The third-order valence-corrected chi connectivity index (χ3v) is 6.05. The first-order valence-electron chi connectivity index (χ1n) is 12.0. The number of hydrogen-bond acceptors (Lipinski definition) is 7. The molecule has 198 valence electrons. The van der Waals surface area contributed by atoms with E-state index in [1.165, 1.54) is 13.2 Å². The summed E-state index contributed by atoms with van der Waals surface area (Å²) in [5.74, 6) is 0.595. The Kier molecular flexibility index (Phi) is 7.79. The van der Waals surface area contributed by atoms with Gasteiger partial charge < -0.3 is 24.3 Å². The van der Waals surface area contributed by atoms with Crippen LogP contribution in [0, 0.1) is 0 Å². The molecular formula is C29H24ClN3O6. The Morgan fingerprint density at radius 1 is 1.05 bits per heavy atom. The summed E-state index contributed by atoms with van der Waals surface area (Å²) in [5, 5.41) is 7.72. The van der Waals surface area contributed by atoms with Gasteiger partial charge in [-0.3, -0.25) is 4.79 Å². The molecule has 0 saturated heterocycles. The number of methoxy groups -OCH3 is 1. The van der Waals surface area contributed by atoms with Crippen molar-refractivity contribution in [1.82, 2.24) is 9.78 Å². The molecule has 10 heteroatoms. The number of halogens is 1. The summed E-state index contributed by atoms with van der Waals surface area (Å²) < 4.78 is 23.3. The quantitative estimate of drug-likeness (QED) is 0.241. The summed E-state index contributed by atoms with van der Waals surface area (Å²) in [6.45, 7) is 0.495. The Hall–Kier alpha value is -4.76. The molecule has 1 amide bonds. The number of anilines is 1. The lowest BCUT2D eigenvalue weighted by Gasteiger charge is -2.18. The molecule has 0 unspecified atom stereocenters. The number of hydrogen-bond donors (Lipinski definition) is 1. The number of ether oxygens (including phenoxy) is 4. The van der Waals surface area contributed by atoms with Crippen LogP contribution in [0.25, 0.3) is 23.0 Å². The van der Waals surface area contributed by atoms with E-state index in [0.717, 1.165) is 11.3 Å². The van der Waals surface area contributed by atoms with Crippen molar-refractivity contribution < 1.29 is 28.5 Å². The van der Waals surface area contributed by atoms with Crippen molar-refractivity contribution in [3.05, 3.63) is 89.6 Å². The zero-order valence-corrected chi connectivity index (χ0v) is 21.7. The molecule has 1 N–H and O–H groups in total. The maximum absolute atomic E-state index is 12.4. The first-order valence-corrected chi connectivity index (χ1v) is 12.4. The minimum atomic E-state index is -0.682. The van der Waals surface area contributed by atoms with Crippen LogP contribution in [0.15, 0.2) is 79.0 Å². The molecule has 39 heavy (non-hydrogen) atoms. The van der Waals surface area contributed by atoms with E-state index >= 15 is 0 Å². The Bertz CT molecular complexity index is 1530. The first kappa shape index (κ1) is 25.9. The maximum atomic E-state index is 12.4. The van der Waals surface area contributed by atoms with Gasteiger partial charge in [0.2, 0.25) is 0 Å². The van der Waals surface area contributed by atoms with Crippen LogP contribution in [-0.2, 0) is 14.3 Å². The van der Waals surface area contributed by atoms with Gasteiger partial charge in [-0.15, -0.1) is 0 Å². The molecule has 5 rings (SSSR count). The monoisotopic (exact) mass is 545 g/mol. The van der Waals surface area contributed by atoms with Gasteiger partial charge in [0.05, 0.1) is 17.8 Å². The summed E-state index contributed by atoms with van der Waals surface area (Å²) in [5.41, 5.74) is 3.40. The van der Waals surface area contributed by atoms with Gasteiger partial charge in [-0.1, -0.05) is 29.8 Å². The summed E-state index contributed by atoms with van der Waals surface area (Å²) >= 11 is 6.08. The normalized spacial score (nSPS) is 12.3. The number of benzene rings is 3. The van der Waals surface area contributed by atoms with Gasteiger partial charge in [-0.2, -0.15) is 5.10 Å². The van der Waals surface area contributed by atoms with Crippen LogP contribution in [-0.4, -0.2) is 48.6 Å². The van der Waals surface area contributed by atoms with Crippen LogP contribution < -0.4 is 19.5 Å². The van der Waals surface area contributed by atoms with Crippen LogP contribution in [0.2, 0.25) is 5.02 Å². The Labute approximate surface area is 229 Å². The fraction of sp³-hybridized carbons (Fsp3) is 0.138. The van der Waals surface area contributed by atoms with E-state index in [-0.39, 0.29) is 0 Å². The molecule has 0 fully saturated rings. The minimum Gasteiger partial charge on any atom is -0.495 e. The van der Waals surface area contributed by atoms with E-state index in [0.29, 0.717) is 52.4 Å². The number of esters is 1. The van der Waals surface area contributed by atoms with E-state index in [2.05, 4.69) is 5.32 Å². The smallest absolute Gasteiger partial charge is 0.331 e. The molecule has 2 heterocycles. The van der Waals surface area contributed by atoms with Crippen molar-refractivity contribution in [2.24, 2.45) is 0 Å².